The molecular formula is C18H21Cl2N. The molecule has 1 nitrogen and oxygen atoms in total. The maximum absolute atomic E-state index is 6.08. The van der Waals surface area contributed by atoms with E-state index in [1.807, 2.05) is 30.3 Å². The smallest absolute Gasteiger partial charge is 0.0409 e. The summed E-state index contributed by atoms with van der Waals surface area (Å²) in [6, 6.07) is 16.7. The molecule has 0 fully saturated rings. The summed E-state index contributed by atoms with van der Waals surface area (Å²) < 4.78 is 0. The molecule has 1 N–H and O–H groups in total. The zero-order valence-electron chi connectivity index (χ0n) is 12.4. The van der Waals surface area contributed by atoms with Crippen LogP contribution >= 0.6 is 23.2 Å². The van der Waals surface area contributed by atoms with Crippen LogP contribution in [0.25, 0.3) is 0 Å². The summed E-state index contributed by atoms with van der Waals surface area (Å²) in [5.41, 5.74) is 2.48. The number of rotatable bonds is 6. The van der Waals surface area contributed by atoms with Crippen molar-refractivity contribution >= 4 is 23.2 Å². The van der Waals surface area contributed by atoms with Gasteiger partial charge in [0.2, 0.25) is 0 Å². The van der Waals surface area contributed by atoms with E-state index >= 15 is 0 Å². The third kappa shape index (κ3) is 4.74. The van der Waals surface area contributed by atoms with Gasteiger partial charge in [-0.3, -0.25) is 0 Å². The summed E-state index contributed by atoms with van der Waals surface area (Å²) >= 11 is 12.1. The van der Waals surface area contributed by atoms with Gasteiger partial charge in [0.25, 0.3) is 0 Å². The number of nitrogens with one attached hydrogen (secondary N) is 1. The second-order valence-corrected chi connectivity index (χ2v) is 6.21. The Morgan fingerprint density at radius 1 is 0.952 bits per heavy atom. The van der Waals surface area contributed by atoms with Gasteiger partial charge < -0.3 is 5.32 Å². The summed E-state index contributed by atoms with van der Waals surface area (Å²) in [7, 11) is 0. The minimum absolute atomic E-state index is 0.246. The molecule has 2 rings (SSSR count). The second kappa shape index (κ2) is 7.84. The summed E-state index contributed by atoms with van der Waals surface area (Å²) in [6.07, 6.45) is 2.22. The van der Waals surface area contributed by atoms with Crippen LogP contribution in [-0.2, 0) is 0 Å². The molecule has 0 heterocycles. The van der Waals surface area contributed by atoms with Gasteiger partial charge in [0, 0.05) is 22.1 Å². The lowest BCUT2D eigenvalue weighted by Crippen LogP contribution is -2.24. The third-order valence-corrected chi connectivity index (χ3v) is 4.14. The van der Waals surface area contributed by atoms with Gasteiger partial charge >= 0.3 is 0 Å². The lowest BCUT2D eigenvalue weighted by molar-refractivity contribution is 0.439. The minimum Gasteiger partial charge on any atom is -0.303 e. The predicted octanol–water partition coefficient (Wildman–Crippen LogP) is 6.19. The quantitative estimate of drug-likeness (QED) is 0.669. The van der Waals surface area contributed by atoms with Crippen molar-refractivity contribution in [3.05, 3.63) is 69.7 Å². The van der Waals surface area contributed by atoms with Crippen LogP contribution in [0.2, 0.25) is 10.0 Å². The molecule has 0 aromatic heterocycles. The summed E-state index contributed by atoms with van der Waals surface area (Å²) in [5.74, 6) is 0. The van der Waals surface area contributed by atoms with Crippen molar-refractivity contribution in [3.63, 3.8) is 0 Å². The van der Waals surface area contributed by atoms with E-state index in [9.17, 15) is 0 Å². The monoisotopic (exact) mass is 321 g/mol. The first-order valence-corrected chi connectivity index (χ1v) is 8.12. The van der Waals surface area contributed by atoms with Crippen LogP contribution in [0, 0.1) is 0 Å². The first-order chi connectivity index (χ1) is 10.1. The molecule has 0 radical (unpaired) electrons. The Morgan fingerprint density at radius 2 is 1.67 bits per heavy atom. The van der Waals surface area contributed by atoms with Crippen molar-refractivity contribution in [2.75, 3.05) is 0 Å². The molecule has 2 atom stereocenters. The minimum atomic E-state index is 0.246. The van der Waals surface area contributed by atoms with Gasteiger partial charge in [0.1, 0.15) is 0 Å². The molecule has 0 saturated heterocycles. The fourth-order valence-corrected chi connectivity index (χ4v) is 2.83. The molecule has 2 aromatic rings. The van der Waals surface area contributed by atoms with E-state index in [4.69, 9.17) is 23.2 Å². The first kappa shape index (κ1) is 16.4. The predicted molar refractivity (Wildman–Crippen MR) is 92.1 cm³/mol. The molecule has 0 aliphatic carbocycles. The Balaban J connectivity index is 2.14. The molecule has 0 aliphatic heterocycles. The molecule has 2 aromatic carbocycles. The molecule has 0 bridgehead atoms. The normalized spacial score (nSPS) is 13.9. The fourth-order valence-electron chi connectivity index (χ4n) is 2.50. The molecule has 112 valence electrons. The fraction of sp³-hybridized carbons (Fsp3) is 0.333. The molecule has 1 unspecified atom stereocenters. The van der Waals surface area contributed by atoms with E-state index in [1.165, 1.54) is 11.1 Å². The first-order valence-electron chi connectivity index (χ1n) is 7.37. The lowest BCUT2D eigenvalue weighted by atomic mass is 9.99. The number of hydrogen-bond acceptors (Lipinski definition) is 1. The molecule has 3 heteroatoms. The second-order valence-electron chi connectivity index (χ2n) is 5.34. The zero-order chi connectivity index (χ0) is 15.2. The van der Waals surface area contributed by atoms with Gasteiger partial charge in [-0.1, -0.05) is 60.8 Å². The van der Waals surface area contributed by atoms with Crippen molar-refractivity contribution in [1.29, 1.82) is 0 Å². The largest absolute Gasteiger partial charge is 0.303 e. The molecular weight excluding hydrogens is 301 g/mol. The Hall–Kier alpha value is -1.02. The summed E-state index contributed by atoms with van der Waals surface area (Å²) in [5, 5.41) is 5.25. The average molecular weight is 322 g/mol. The van der Waals surface area contributed by atoms with Gasteiger partial charge in [-0.2, -0.15) is 0 Å². The van der Waals surface area contributed by atoms with Gasteiger partial charge in [-0.25, -0.2) is 0 Å². The zero-order valence-corrected chi connectivity index (χ0v) is 14.0. The highest BCUT2D eigenvalue weighted by atomic mass is 35.5. The van der Waals surface area contributed by atoms with Crippen molar-refractivity contribution in [2.24, 2.45) is 0 Å². The van der Waals surface area contributed by atoms with Crippen LogP contribution in [0.5, 0.6) is 0 Å². The van der Waals surface area contributed by atoms with Crippen molar-refractivity contribution in [1.82, 2.24) is 5.32 Å². The molecule has 0 amide bonds. The Morgan fingerprint density at radius 3 is 2.29 bits per heavy atom. The van der Waals surface area contributed by atoms with Gasteiger partial charge in [0.15, 0.2) is 0 Å². The Bertz CT molecular complexity index is 566. The van der Waals surface area contributed by atoms with Crippen LogP contribution in [0.4, 0.5) is 0 Å². The maximum atomic E-state index is 6.08. The number of halogens is 2. The summed E-state index contributed by atoms with van der Waals surface area (Å²) in [4.78, 5) is 0. The van der Waals surface area contributed by atoms with Crippen LogP contribution in [0.1, 0.15) is 49.9 Å². The summed E-state index contributed by atoms with van der Waals surface area (Å²) in [6.45, 7) is 4.37. The standard InChI is InChI=1S/C18H21Cl2N/c1-3-5-18(14-8-10-16(19)11-9-14)21-13(2)15-6-4-7-17(20)12-15/h4,6-13,18,21H,3,5H2,1-2H3/t13-,18?/m0/s1. The number of hydrogen-bond donors (Lipinski definition) is 1. The van der Waals surface area contributed by atoms with Gasteiger partial charge in [-0.05, 0) is 48.7 Å². The highest BCUT2D eigenvalue weighted by Gasteiger charge is 2.15. The molecule has 0 aliphatic rings. The molecule has 0 spiro atoms. The van der Waals surface area contributed by atoms with E-state index in [0.717, 1.165) is 22.9 Å². The van der Waals surface area contributed by atoms with E-state index in [1.54, 1.807) is 0 Å². The number of benzene rings is 2. The Kier molecular flexibility index (Phi) is 6.10. The van der Waals surface area contributed by atoms with Crippen LogP contribution in [0.15, 0.2) is 48.5 Å². The van der Waals surface area contributed by atoms with Crippen LogP contribution in [0.3, 0.4) is 0 Å². The van der Waals surface area contributed by atoms with Gasteiger partial charge in [0.05, 0.1) is 0 Å². The van der Waals surface area contributed by atoms with Crippen molar-refractivity contribution in [3.8, 4) is 0 Å². The average Bonchev–Trinajstić information content (AvgIpc) is 2.47. The highest BCUT2D eigenvalue weighted by Crippen LogP contribution is 2.25. The molecule has 0 saturated carbocycles. The topological polar surface area (TPSA) is 12.0 Å². The highest BCUT2D eigenvalue weighted by molar-refractivity contribution is 6.30. The SMILES string of the molecule is CCCC(N[C@@H](C)c1cccc(Cl)c1)c1ccc(Cl)cc1. The van der Waals surface area contributed by atoms with E-state index in [2.05, 4.69) is 37.4 Å². The maximum Gasteiger partial charge on any atom is 0.0409 e. The van der Waals surface area contributed by atoms with Crippen molar-refractivity contribution in [2.45, 2.75) is 38.8 Å². The third-order valence-electron chi connectivity index (χ3n) is 3.65. The van der Waals surface area contributed by atoms with E-state index in [0.29, 0.717) is 6.04 Å². The van der Waals surface area contributed by atoms with Gasteiger partial charge in [-0.15, -0.1) is 0 Å². The molecule has 21 heavy (non-hydrogen) atoms. The van der Waals surface area contributed by atoms with Crippen LogP contribution < -0.4 is 5.32 Å². The lowest BCUT2D eigenvalue weighted by Gasteiger charge is -2.24. The van der Waals surface area contributed by atoms with Crippen LogP contribution in [-0.4, -0.2) is 0 Å². The van der Waals surface area contributed by atoms with E-state index < -0.39 is 0 Å². The van der Waals surface area contributed by atoms with Crippen molar-refractivity contribution < 1.29 is 0 Å². The Labute approximate surface area is 137 Å². The van der Waals surface area contributed by atoms with E-state index in [-0.39, 0.29) is 6.04 Å².